The molecule has 6 rings (SSSR count). The van der Waals surface area contributed by atoms with Crippen LogP contribution in [-0.2, 0) is 16.2 Å². The number of rotatable bonds is 6. The molecule has 0 spiro atoms. The molecule has 0 atom stereocenters. The zero-order valence-corrected chi connectivity index (χ0v) is 25.8. The Morgan fingerprint density at radius 1 is 0.935 bits per heavy atom. The number of hydrogen-bond donors (Lipinski definition) is 1. The average molecular weight is 646 g/mol. The van der Waals surface area contributed by atoms with E-state index in [1.807, 2.05) is 31.2 Å². The van der Waals surface area contributed by atoms with Gasteiger partial charge in [0.2, 0.25) is 10.0 Å². The fraction of sp³-hybridized carbons (Fsp3) is 0.152. The van der Waals surface area contributed by atoms with Gasteiger partial charge in [0.25, 0.3) is 5.91 Å². The summed E-state index contributed by atoms with van der Waals surface area (Å²) in [7, 11) is -0.827. The third kappa shape index (κ3) is 5.65. The Balaban J connectivity index is 1.55. The molecular weight excluding hydrogens is 619 g/mol. The van der Waals surface area contributed by atoms with Crippen molar-refractivity contribution in [2.75, 3.05) is 24.7 Å². The number of nitrogens with one attached hydrogen (secondary N) is 1. The van der Waals surface area contributed by atoms with Crippen molar-refractivity contribution in [1.29, 1.82) is 0 Å². The van der Waals surface area contributed by atoms with Crippen LogP contribution in [0, 0.1) is 6.92 Å². The maximum atomic E-state index is 13.2. The van der Waals surface area contributed by atoms with Crippen LogP contribution in [0.25, 0.3) is 55.7 Å². The lowest BCUT2D eigenvalue weighted by Gasteiger charge is -2.21. The number of amides is 1. The minimum atomic E-state index is -4.54. The molecule has 0 fully saturated rings. The van der Waals surface area contributed by atoms with Crippen molar-refractivity contribution in [3.05, 3.63) is 95.9 Å². The monoisotopic (exact) mass is 645 g/mol. The Labute approximate surface area is 261 Å². The summed E-state index contributed by atoms with van der Waals surface area (Å²) < 4.78 is 72.4. The van der Waals surface area contributed by atoms with Crippen molar-refractivity contribution in [3.63, 3.8) is 0 Å². The van der Waals surface area contributed by atoms with Crippen LogP contribution < -0.4 is 9.62 Å². The van der Waals surface area contributed by atoms with Crippen LogP contribution in [0.3, 0.4) is 0 Å². The summed E-state index contributed by atoms with van der Waals surface area (Å²) in [5.41, 5.74) is 3.61. The van der Waals surface area contributed by atoms with Crippen LogP contribution in [0.5, 0.6) is 0 Å². The molecule has 0 bridgehead atoms. The van der Waals surface area contributed by atoms with Crippen molar-refractivity contribution in [1.82, 2.24) is 20.3 Å². The number of anilines is 1. The summed E-state index contributed by atoms with van der Waals surface area (Å²) in [6.07, 6.45) is 0.338. The van der Waals surface area contributed by atoms with Crippen LogP contribution in [0.1, 0.15) is 21.5 Å². The number of furan rings is 1. The van der Waals surface area contributed by atoms with E-state index in [0.717, 1.165) is 28.4 Å². The van der Waals surface area contributed by atoms with Gasteiger partial charge in [0, 0.05) is 71.8 Å². The molecule has 0 aliphatic heterocycles. The summed E-state index contributed by atoms with van der Waals surface area (Å²) in [5, 5.41) is 3.34. The molecule has 1 N–H and O–H groups in total. The van der Waals surface area contributed by atoms with E-state index in [4.69, 9.17) is 4.42 Å². The Kier molecular flexibility index (Phi) is 7.51. The van der Waals surface area contributed by atoms with Gasteiger partial charge in [0.15, 0.2) is 5.65 Å². The second-order valence-corrected chi connectivity index (χ2v) is 12.8. The topological polar surface area (TPSA) is 118 Å². The second-order valence-electron chi connectivity index (χ2n) is 10.8. The van der Waals surface area contributed by atoms with Crippen LogP contribution in [-0.4, -0.2) is 49.6 Å². The van der Waals surface area contributed by atoms with Crippen LogP contribution in [0.2, 0.25) is 0 Å². The Bertz CT molecular complexity index is 2270. The molecule has 0 saturated carbocycles. The molecule has 0 aliphatic carbocycles. The Morgan fingerprint density at radius 2 is 1.65 bits per heavy atom. The lowest BCUT2D eigenvalue weighted by Crippen LogP contribution is -2.25. The number of nitrogens with zero attached hydrogens (tertiary/aromatic N) is 4. The minimum Gasteiger partial charge on any atom is -0.455 e. The van der Waals surface area contributed by atoms with E-state index < -0.39 is 27.7 Å². The van der Waals surface area contributed by atoms with E-state index in [-0.39, 0.29) is 22.3 Å². The number of alkyl halides is 3. The number of sulfonamides is 1. The molecule has 0 aliphatic rings. The van der Waals surface area contributed by atoms with Crippen LogP contribution in [0.4, 0.5) is 18.9 Å². The Hall–Kier alpha value is -5.30. The zero-order valence-electron chi connectivity index (χ0n) is 25.0. The van der Waals surface area contributed by atoms with E-state index in [1.165, 1.54) is 26.4 Å². The van der Waals surface area contributed by atoms with Gasteiger partial charge >= 0.3 is 6.18 Å². The van der Waals surface area contributed by atoms with Gasteiger partial charge in [0.1, 0.15) is 11.3 Å². The van der Waals surface area contributed by atoms with Gasteiger partial charge in [-0.15, -0.1) is 0 Å². The van der Waals surface area contributed by atoms with Gasteiger partial charge in [-0.05, 0) is 37.3 Å². The molecule has 0 saturated heterocycles. The first-order chi connectivity index (χ1) is 21.7. The van der Waals surface area contributed by atoms with Crippen molar-refractivity contribution in [2.45, 2.75) is 13.1 Å². The molecular formula is C33H26F3N5O4S. The van der Waals surface area contributed by atoms with Crippen molar-refractivity contribution < 1.29 is 30.8 Å². The third-order valence-electron chi connectivity index (χ3n) is 7.63. The largest absolute Gasteiger partial charge is 0.455 e. The molecule has 6 aromatic rings. The van der Waals surface area contributed by atoms with Gasteiger partial charge in [0.05, 0.1) is 28.8 Å². The van der Waals surface area contributed by atoms with E-state index in [1.54, 1.807) is 30.5 Å². The summed E-state index contributed by atoms with van der Waals surface area (Å²) in [5.74, 6) is -0.0641. The van der Waals surface area contributed by atoms with Crippen molar-refractivity contribution in [2.24, 2.45) is 0 Å². The van der Waals surface area contributed by atoms with E-state index in [0.29, 0.717) is 44.7 Å². The number of aryl methyl sites for hydroxylation is 1. The first-order valence-electron chi connectivity index (χ1n) is 13.9. The molecule has 1 amide bonds. The van der Waals surface area contributed by atoms with Gasteiger partial charge in [-0.3, -0.25) is 14.1 Å². The Morgan fingerprint density at radius 3 is 2.33 bits per heavy atom. The van der Waals surface area contributed by atoms with Gasteiger partial charge in [-0.25, -0.2) is 18.4 Å². The first-order valence-corrected chi connectivity index (χ1v) is 15.7. The molecule has 46 heavy (non-hydrogen) atoms. The molecule has 2 aromatic carbocycles. The van der Waals surface area contributed by atoms with Crippen LogP contribution in [0.15, 0.2) is 83.7 Å². The molecule has 0 unspecified atom stereocenters. The first kappa shape index (κ1) is 30.7. The number of pyridine rings is 3. The maximum Gasteiger partial charge on any atom is 0.417 e. The van der Waals surface area contributed by atoms with Gasteiger partial charge in [-0.2, -0.15) is 13.2 Å². The molecule has 0 radical (unpaired) electrons. The smallest absolute Gasteiger partial charge is 0.417 e. The predicted octanol–water partition coefficient (Wildman–Crippen LogP) is 6.85. The lowest BCUT2D eigenvalue weighted by atomic mass is 9.98. The van der Waals surface area contributed by atoms with Gasteiger partial charge in [-0.1, -0.05) is 29.8 Å². The molecule has 234 valence electrons. The van der Waals surface area contributed by atoms with Crippen molar-refractivity contribution >= 4 is 43.6 Å². The number of halogens is 3. The summed E-state index contributed by atoms with van der Waals surface area (Å²) in [6.45, 7) is 1.94. The number of benzene rings is 2. The van der Waals surface area contributed by atoms with Crippen LogP contribution >= 0.6 is 0 Å². The third-order valence-corrected chi connectivity index (χ3v) is 8.82. The summed E-state index contributed by atoms with van der Waals surface area (Å²) >= 11 is 0. The maximum absolute atomic E-state index is 13.2. The van der Waals surface area contributed by atoms with Crippen molar-refractivity contribution in [3.8, 4) is 33.7 Å². The van der Waals surface area contributed by atoms with Gasteiger partial charge < -0.3 is 9.73 Å². The fourth-order valence-corrected chi connectivity index (χ4v) is 5.62. The number of carbonyl (C=O) groups excluding carboxylic acids is 1. The highest BCUT2D eigenvalue weighted by atomic mass is 32.2. The highest BCUT2D eigenvalue weighted by Crippen LogP contribution is 2.42. The number of hydrogen-bond acceptors (Lipinski definition) is 7. The highest BCUT2D eigenvalue weighted by molar-refractivity contribution is 7.92. The molecule has 4 heterocycles. The quantitative estimate of drug-likeness (QED) is 0.210. The minimum absolute atomic E-state index is 0.118. The second kappa shape index (κ2) is 11.2. The molecule has 13 heteroatoms. The highest BCUT2D eigenvalue weighted by Gasteiger charge is 2.31. The van der Waals surface area contributed by atoms with E-state index >= 15 is 0 Å². The fourth-order valence-electron chi connectivity index (χ4n) is 5.12. The number of aromatic nitrogens is 3. The average Bonchev–Trinajstić information content (AvgIpc) is 3.41. The zero-order chi connectivity index (χ0) is 33.0. The van der Waals surface area contributed by atoms with E-state index in [2.05, 4.69) is 20.3 Å². The number of fused-ring (bicyclic) bond motifs is 2. The van der Waals surface area contributed by atoms with E-state index in [9.17, 15) is 26.4 Å². The lowest BCUT2D eigenvalue weighted by molar-refractivity contribution is -0.137. The summed E-state index contributed by atoms with van der Waals surface area (Å²) in [4.78, 5) is 25.9. The molecule has 4 aromatic heterocycles. The predicted molar refractivity (Wildman–Crippen MR) is 170 cm³/mol. The SMILES string of the molecule is CNC(=O)c1c(-c2ccc(C)cc2)oc2cc(N(C)S(C)(=O)=O)c(-c3cncc(-c4ccc5cc(C(F)(F)F)cnc5n4)c3)cc12. The summed E-state index contributed by atoms with van der Waals surface area (Å²) in [6, 6.07) is 16.5. The molecule has 9 nitrogen and oxygen atoms in total. The standard InChI is InChI=1S/C33H26F3N5O4S/c1-18-5-7-19(8-6-18)30-29(32(42)37-2)25-13-24(27(14-28(25)45-30)41(3)46(4,43)44)21-11-22(16-38-15-21)26-10-9-20-12-23(33(34,35)36)17-39-31(20)40-26/h5-17H,1-4H3,(H,37,42). The normalized spacial score (nSPS) is 12.1. The number of carbonyl (C=O) groups is 1.